The normalized spacial score (nSPS) is 26.5. The van der Waals surface area contributed by atoms with Crippen molar-refractivity contribution in [2.24, 2.45) is 0 Å². The average molecular weight is 165 g/mol. The number of halogens is 2. The summed E-state index contributed by atoms with van der Waals surface area (Å²) in [6.45, 7) is 0.0167. The molecule has 64 valence electrons. The van der Waals surface area contributed by atoms with E-state index in [9.17, 15) is 13.6 Å². The molecule has 0 bridgehead atoms. The van der Waals surface area contributed by atoms with E-state index in [4.69, 9.17) is 0 Å². The van der Waals surface area contributed by atoms with Crippen molar-refractivity contribution in [3.8, 4) is 0 Å². The zero-order valence-electron chi connectivity index (χ0n) is 5.85. The maximum absolute atomic E-state index is 12.0. The van der Waals surface area contributed by atoms with Crippen LogP contribution in [-0.4, -0.2) is 31.6 Å². The van der Waals surface area contributed by atoms with Crippen LogP contribution >= 0.6 is 0 Å². The van der Waals surface area contributed by atoms with Gasteiger partial charge in [0.1, 0.15) is 12.7 Å². The van der Waals surface area contributed by atoms with Crippen LogP contribution < -0.4 is 5.32 Å². The third kappa shape index (κ3) is 2.42. The maximum Gasteiger partial charge on any atom is 0.264 e. The molecule has 0 spiro atoms. The number of carbonyl (C=O) groups excluding carboxylic acids is 1. The van der Waals surface area contributed by atoms with E-state index >= 15 is 0 Å². The molecule has 0 aromatic heterocycles. The number of ether oxygens (including phenoxy) is 1. The lowest BCUT2D eigenvalue weighted by molar-refractivity contribution is -0.128. The molecular formula is C6H9F2NO2. The standard InChI is InChI=1S/C6H9F2NO2/c7-6(8)4-1-2-9-5(10)3-11-4/h4,6H,1-3H2,(H,9,10). The van der Waals surface area contributed by atoms with Gasteiger partial charge in [-0.25, -0.2) is 8.78 Å². The Morgan fingerprint density at radius 1 is 1.64 bits per heavy atom. The molecule has 5 heteroatoms. The molecular weight excluding hydrogens is 156 g/mol. The van der Waals surface area contributed by atoms with Gasteiger partial charge >= 0.3 is 0 Å². The summed E-state index contributed by atoms with van der Waals surface area (Å²) in [4.78, 5) is 10.6. The molecule has 3 nitrogen and oxygen atoms in total. The van der Waals surface area contributed by atoms with Crippen molar-refractivity contribution in [3.05, 3.63) is 0 Å². The molecule has 0 aromatic carbocycles. The predicted octanol–water partition coefficient (Wildman–Crippen LogP) is 0.157. The van der Waals surface area contributed by atoms with Crippen LogP contribution in [0.4, 0.5) is 8.78 Å². The Labute approximate surface area is 62.7 Å². The number of rotatable bonds is 1. The van der Waals surface area contributed by atoms with Crippen molar-refractivity contribution in [1.82, 2.24) is 5.32 Å². The fourth-order valence-corrected chi connectivity index (χ4v) is 0.870. The van der Waals surface area contributed by atoms with E-state index in [0.29, 0.717) is 0 Å². The summed E-state index contributed by atoms with van der Waals surface area (Å²) >= 11 is 0. The second kappa shape index (κ2) is 3.61. The second-order valence-corrected chi connectivity index (χ2v) is 2.32. The van der Waals surface area contributed by atoms with E-state index in [0.717, 1.165) is 0 Å². The lowest BCUT2D eigenvalue weighted by Gasteiger charge is -2.11. The van der Waals surface area contributed by atoms with Crippen molar-refractivity contribution >= 4 is 5.91 Å². The number of alkyl halides is 2. The first-order valence-electron chi connectivity index (χ1n) is 3.36. The molecule has 0 radical (unpaired) electrons. The SMILES string of the molecule is O=C1COC(C(F)F)CCN1. The van der Waals surface area contributed by atoms with Crippen LogP contribution in [0.1, 0.15) is 6.42 Å². The van der Waals surface area contributed by atoms with E-state index in [1.807, 2.05) is 0 Å². The minimum Gasteiger partial charge on any atom is -0.362 e. The van der Waals surface area contributed by atoms with E-state index in [2.05, 4.69) is 10.1 Å². The number of nitrogens with one attached hydrogen (secondary N) is 1. The Balaban J connectivity index is 2.40. The first-order valence-corrected chi connectivity index (χ1v) is 3.36. The first kappa shape index (κ1) is 8.39. The molecule has 1 rings (SSSR count). The van der Waals surface area contributed by atoms with Crippen LogP contribution in [0.15, 0.2) is 0 Å². The Morgan fingerprint density at radius 3 is 3.00 bits per heavy atom. The topological polar surface area (TPSA) is 38.3 Å². The number of amides is 1. The summed E-state index contributed by atoms with van der Waals surface area (Å²) in [7, 11) is 0. The highest BCUT2D eigenvalue weighted by Gasteiger charge is 2.24. The van der Waals surface area contributed by atoms with Gasteiger partial charge in [-0.2, -0.15) is 0 Å². The van der Waals surface area contributed by atoms with Gasteiger partial charge in [0.25, 0.3) is 6.43 Å². The van der Waals surface area contributed by atoms with Gasteiger partial charge in [-0.05, 0) is 6.42 Å². The smallest absolute Gasteiger partial charge is 0.264 e. The Morgan fingerprint density at radius 2 is 2.36 bits per heavy atom. The number of hydrogen-bond acceptors (Lipinski definition) is 2. The first-order chi connectivity index (χ1) is 5.20. The van der Waals surface area contributed by atoms with Gasteiger partial charge in [-0.3, -0.25) is 4.79 Å². The van der Waals surface area contributed by atoms with Crippen molar-refractivity contribution < 1.29 is 18.3 Å². The molecule has 1 N–H and O–H groups in total. The van der Waals surface area contributed by atoms with Gasteiger partial charge in [-0.1, -0.05) is 0 Å². The zero-order valence-corrected chi connectivity index (χ0v) is 5.85. The largest absolute Gasteiger partial charge is 0.362 e. The minimum absolute atomic E-state index is 0.184. The van der Waals surface area contributed by atoms with Crippen LogP contribution in [-0.2, 0) is 9.53 Å². The fraction of sp³-hybridized carbons (Fsp3) is 0.833. The van der Waals surface area contributed by atoms with E-state index in [1.54, 1.807) is 0 Å². The summed E-state index contributed by atoms with van der Waals surface area (Å²) in [5.41, 5.74) is 0. The number of carbonyl (C=O) groups is 1. The Kier molecular flexibility index (Phi) is 2.76. The molecule has 1 heterocycles. The molecule has 1 unspecified atom stereocenters. The van der Waals surface area contributed by atoms with Gasteiger partial charge in [0.2, 0.25) is 5.91 Å². The predicted molar refractivity (Wildman–Crippen MR) is 33.4 cm³/mol. The van der Waals surface area contributed by atoms with Gasteiger partial charge in [-0.15, -0.1) is 0 Å². The molecule has 1 fully saturated rings. The molecule has 1 aliphatic rings. The average Bonchev–Trinajstić information content (AvgIpc) is 2.13. The summed E-state index contributed by atoms with van der Waals surface area (Å²) in [6, 6.07) is 0. The van der Waals surface area contributed by atoms with Crippen molar-refractivity contribution in [1.29, 1.82) is 0 Å². The van der Waals surface area contributed by atoms with Gasteiger partial charge < -0.3 is 10.1 Å². The van der Waals surface area contributed by atoms with Gasteiger partial charge in [0, 0.05) is 6.54 Å². The fourth-order valence-electron chi connectivity index (χ4n) is 0.870. The Bertz CT molecular complexity index is 152. The second-order valence-electron chi connectivity index (χ2n) is 2.32. The molecule has 0 aromatic rings. The number of hydrogen-bond donors (Lipinski definition) is 1. The van der Waals surface area contributed by atoms with Crippen LogP contribution in [0.2, 0.25) is 0 Å². The summed E-state index contributed by atoms with van der Waals surface area (Å²) in [6.07, 6.45) is -3.40. The van der Waals surface area contributed by atoms with E-state index in [1.165, 1.54) is 0 Å². The zero-order chi connectivity index (χ0) is 8.27. The lowest BCUT2D eigenvalue weighted by atomic mass is 10.2. The van der Waals surface area contributed by atoms with Crippen molar-refractivity contribution in [2.75, 3.05) is 13.2 Å². The van der Waals surface area contributed by atoms with Crippen LogP contribution in [0, 0.1) is 0 Å². The Hall–Kier alpha value is -0.710. The summed E-state index contributed by atoms with van der Waals surface area (Å²) in [5.74, 6) is -0.326. The quantitative estimate of drug-likeness (QED) is 0.601. The monoisotopic (exact) mass is 165 g/mol. The highest BCUT2D eigenvalue weighted by Crippen LogP contribution is 2.10. The summed E-state index contributed by atoms with van der Waals surface area (Å²) < 4.78 is 28.5. The summed E-state index contributed by atoms with van der Waals surface area (Å²) in [5, 5.41) is 2.43. The maximum atomic E-state index is 12.0. The molecule has 1 saturated heterocycles. The van der Waals surface area contributed by atoms with Crippen molar-refractivity contribution in [2.45, 2.75) is 19.0 Å². The van der Waals surface area contributed by atoms with Crippen molar-refractivity contribution in [3.63, 3.8) is 0 Å². The molecule has 0 saturated carbocycles. The lowest BCUT2D eigenvalue weighted by Crippen LogP contribution is -2.24. The molecule has 1 atom stereocenters. The van der Waals surface area contributed by atoms with E-state index in [-0.39, 0.29) is 25.5 Å². The molecule has 0 aliphatic carbocycles. The minimum atomic E-state index is -2.50. The highest BCUT2D eigenvalue weighted by atomic mass is 19.3. The van der Waals surface area contributed by atoms with Crippen LogP contribution in [0.5, 0.6) is 0 Å². The molecule has 1 aliphatic heterocycles. The highest BCUT2D eigenvalue weighted by molar-refractivity contribution is 5.77. The third-order valence-corrected chi connectivity index (χ3v) is 1.46. The van der Waals surface area contributed by atoms with E-state index < -0.39 is 12.5 Å². The van der Waals surface area contributed by atoms with Gasteiger partial charge in [0.15, 0.2) is 0 Å². The molecule has 11 heavy (non-hydrogen) atoms. The molecule has 1 amide bonds. The van der Waals surface area contributed by atoms with Gasteiger partial charge in [0.05, 0.1) is 0 Å². The van der Waals surface area contributed by atoms with Crippen LogP contribution in [0.3, 0.4) is 0 Å². The third-order valence-electron chi connectivity index (χ3n) is 1.46. The van der Waals surface area contributed by atoms with Crippen LogP contribution in [0.25, 0.3) is 0 Å².